The zero-order chi connectivity index (χ0) is 25.8. The zero-order valence-corrected chi connectivity index (χ0v) is 18.5. The van der Waals surface area contributed by atoms with Gasteiger partial charge in [0.05, 0.1) is 23.8 Å². The van der Waals surface area contributed by atoms with Crippen molar-refractivity contribution >= 4 is 5.91 Å². The van der Waals surface area contributed by atoms with Crippen LogP contribution in [-0.2, 0) is 28.5 Å². The van der Waals surface area contributed by atoms with E-state index >= 15 is 0 Å². The molecule has 192 valence electrons. The highest BCUT2D eigenvalue weighted by molar-refractivity contribution is 5.78. The number of alkyl halides is 6. The molecule has 1 N–H and O–H groups in total. The third kappa shape index (κ3) is 7.41. The Bertz CT molecular complexity index is 963. The van der Waals surface area contributed by atoms with Crippen LogP contribution in [0.2, 0.25) is 0 Å². The highest BCUT2D eigenvalue weighted by Gasteiger charge is 2.41. The normalized spacial score (nSPS) is 22.5. The molecule has 2 aromatic carbocycles. The van der Waals surface area contributed by atoms with E-state index in [-0.39, 0.29) is 54.9 Å². The van der Waals surface area contributed by atoms with Crippen LogP contribution >= 0.6 is 0 Å². The standard InChI is InChI=1S/C18H19F6NO3.C6H5F/c19-17(20,21)12-1-11(2-13(5-12)18(22,23)24)9-28-15-6-14-3-10(8-26)4-16(27)25(14)7-15;7-6-4-2-1-3-5-6/h1-2,5,10,14-15,26H,3-4,6-9H2;1-5H. The van der Waals surface area contributed by atoms with Crippen molar-refractivity contribution in [2.45, 2.75) is 50.4 Å². The van der Waals surface area contributed by atoms with Crippen molar-refractivity contribution in [3.05, 3.63) is 71.0 Å². The molecule has 0 spiro atoms. The summed E-state index contributed by atoms with van der Waals surface area (Å²) < 4.78 is 95.0. The maximum atomic E-state index is 12.9. The molecule has 11 heteroatoms. The summed E-state index contributed by atoms with van der Waals surface area (Å²) in [4.78, 5) is 13.7. The lowest BCUT2D eigenvalue weighted by molar-refractivity contribution is -0.143. The van der Waals surface area contributed by atoms with E-state index < -0.39 is 36.2 Å². The van der Waals surface area contributed by atoms with Gasteiger partial charge in [-0.2, -0.15) is 26.3 Å². The van der Waals surface area contributed by atoms with Gasteiger partial charge in [0, 0.05) is 25.6 Å². The lowest BCUT2D eigenvalue weighted by Crippen LogP contribution is -2.43. The Morgan fingerprint density at radius 1 is 0.943 bits per heavy atom. The molecule has 1 amide bonds. The number of aliphatic hydroxyl groups is 1. The van der Waals surface area contributed by atoms with Crippen LogP contribution in [0.3, 0.4) is 0 Å². The molecule has 35 heavy (non-hydrogen) atoms. The maximum Gasteiger partial charge on any atom is 0.416 e. The van der Waals surface area contributed by atoms with Crippen molar-refractivity contribution in [1.29, 1.82) is 0 Å². The van der Waals surface area contributed by atoms with E-state index in [2.05, 4.69) is 0 Å². The third-order valence-electron chi connectivity index (χ3n) is 5.89. The fourth-order valence-electron chi connectivity index (χ4n) is 4.23. The van der Waals surface area contributed by atoms with Crippen LogP contribution in [0.5, 0.6) is 0 Å². The number of rotatable bonds is 4. The number of piperidine rings is 1. The van der Waals surface area contributed by atoms with E-state index in [0.717, 1.165) is 0 Å². The Labute approximate surface area is 197 Å². The van der Waals surface area contributed by atoms with Crippen LogP contribution in [0.25, 0.3) is 0 Å². The summed E-state index contributed by atoms with van der Waals surface area (Å²) in [5, 5.41) is 9.24. The predicted molar refractivity (Wildman–Crippen MR) is 111 cm³/mol. The molecule has 3 unspecified atom stereocenters. The van der Waals surface area contributed by atoms with Gasteiger partial charge in [-0.25, -0.2) is 4.39 Å². The second-order valence-electron chi connectivity index (χ2n) is 8.57. The van der Waals surface area contributed by atoms with Crippen molar-refractivity contribution in [1.82, 2.24) is 4.90 Å². The third-order valence-corrected chi connectivity index (χ3v) is 5.89. The van der Waals surface area contributed by atoms with Crippen LogP contribution in [0.4, 0.5) is 30.7 Å². The number of amides is 1. The highest BCUT2D eigenvalue weighted by atomic mass is 19.4. The first-order valence-electron chi connectivity index (χ1n) is 10.9. The smallest absolute Gasteiger partial charge is 0.396 e. The first-order valence-corrected chi connectivity index (χ1v) is 10.9. The first kappa shape index (κ1) is 26.9. The summed E-state index contributed by atoms with van der Waals surface area (Å²) in [7, 11) is 0. The molecule has 2 heterocycles. The number of benzene rings is 2. The number of fused-ring (bicyclic) bond motifs is 1. The number of hydrogen-bond donors (Lipinski definition) is 1. The Morgan fingerprint density at radius 3 is 2.03 bits per heavy atom. The summed E-state index contributed by atoms with van der Waals surface area (Å²) in [5.41, 5.74) is -3.00. The molecule has 0 aromatic heterocycles. The lowest BCUT2D eigenvalue weighted by Gasteiger charge is -2.33. The van der Waals surface area contributed by atoms with Crippen LogP contribution in [0, 0.1) is 11.7 Å². The van der Waals surface area contributed by atoms with Gasteiger partial charge in [-0.15, -0.1) is 0 Å². The number of ether oxygens (including phenoxy) is 1. The van der Waals surface area contributed by atoms with Gasteiger partial charge < -0.3 is 14.7 Å². The largest absolute Gasteiger partial charge is 0.416 e. The Balaban J connectivity index is 0.000000420. The van der Waals surface area contributed by atoms with Gasteiger partial charge >= 0.3 is 12.4 Å². The average molecular weight is 507 g/mol. The van der Waals surface area contributed by atoms with Gasteiger partial charge in [0.2, 0.25) is 5.91 Å². The fraction of sp³-hybridized carbons (Fsp3) is 0.458. The number of carbonyl (C=O) groups is 1. The summed E-state index contributed by atoms with van der Waals surface area (Å²) in [6.45, 7) is -0.283. The average Bonchev–Trinajstić information content (AvgIpc) is 3.21. The quantitative estimate of drug-likeness (QED) is 0.561. The Morgan fingerprint density at radius 2 is 1.54 bits per heavy atom. The summed E-state index contributed by atoms with van der Waals surface area (Å²) in [6.07, 6.45) is -9.03. The van der Waals surface area contributed by atoms with Crippen molar-refractivity contribution in [3.63, 3.8) is 0 Å². The first-order chi connectivity index (χ1) is 16.4. The molecule has 0 aliphatic carbocycles. The summed E-state index contributed by atoms with van der Waals surface area (Å²) in [5.74, 6) is -0.437. The number of nitrogens with zero attached hydrogens (tertiary/aromatic N) is 1. The summed E-state index contributed by atoms with van der Waals surface area (Å²) >= 11 is 0. The van der Waals surface area contributed by atoms with Crippen LogP contribution < -0.4 is 0 Å². The van der Waals surface area contributed by atoms with E-state index in [9.17, 15) is 40.6 Å². The van der Waals surface area contributed by atoms with Gasteiger partial charge in [-0.05, 0) is 54.7 Å². The van der Waals surface area contributed by atoms with E-state index in [4.69, 9.17) is 4.74 Å². The highest BCUT2D eigenvalue weighted by Crippen LogP contribution is 2.37. The molecule has 2 fully saturated rings. The fourth-order valence-corrected chi connectivity index (χ4v) is 4.23. The second-order valence-corrected chi connectivity index (χ2v) is 8.57. The lowest BCUT2D eigenvalue weighted by atomic mass is 9.91. The predicted octanol–water partition coefficient (Wildman–Crippen LogP) is 5.44. The molecule has 3 atom stereocenters. The number of halogens is 7. The van der Waals surface area contributed by atoms with Crippen LogP contribution in [0.15, 0.2) is 48.5 Å². The molecular weight excluding hydrogens is 483 g/mol. The molecule has 2 saturated heterocycles. The topological polar surface area (TPSA) is 49.8 Å². The molecule has 0 radical (unpaired) electrons. The Kier molecular flexibility index (Phi) is 8.42. The Hall–Kier alpha value is -2.66. The molecule has 0 bridgehead atoms. The number of hydrogen-bond acceptors (Lipinski definition) is 3. The monoisotopic (exact) mass is 507 g/mol. The van der Waals surface area contributed by atoms with Crippen molar-refractivity contribution in [2.24, 2.45) is 5.92 Å². The number of aliphatic hydroxyl groups excluding tert-OH is 1. The van der Waals surface area contributed by atoms with Gasteiger partial charge in [0.15, 0.2) is 0 Å². The molecule has 2 aromatic rings. The zero-order valence-electron chi connectivity index (χ0n) is 18.5. The SMILES string of the molecule is Fc1ccccc1.O=C1CC(CO)CC2CC(OCc3cc(C(F)(F)F)cc(C(F)(F)F)c3)CN12. The van der Waals surface area contributed by atoms with E-state index in [1.165, 1.54) is 12.1 Å². The van der Waals surface area contributed by atoms with Gasteiger partial charge in [-0.1, -0.05) is 18.2 Å². The van der Waals surface area contributed by atoms with Gasteiger partial charge in [0.25, 0.3) is 0 Å². The molecule has 4 rings (SSSR count). The second kappa shape index (κ2) is 10.9. The molecule has 0 saturated carbocycles. The minimum atomic E-state index is -4.91. The number of carbonyl (C=O) groups excluding carboxylic acids is 1. The van der Waals surface area contributed by atoms with Gasteiger partial charge in [-0.3, -0.25) is 4.79 Å². The van der Waals surface area contributed by atoms with Crippen LogP contribution in [0.1, 0.15) is 36.0 Å². The van der Waals surface area contributed by atoms with Crippen molar-refractivity contribution in [2.75, 3.05) is 13.2 Å². The summed E-state index contributed by atoms with van der Waals surface area (Å²) in [6, 6.07) is 9.17. The molecule has 4 nitrogen and oxygen atoms in total. The maximum absolute atomic E-state index is 12.9. The van der Waals surface area contributed by atoms with E-state index in [1.807, 2.05) is 0 Å². The minimum absolute atomic E-state index is 0.0764. The molecular formula is C24H24F7NO3. The van der Waals surface area contributed by atoms with Crippen molar-refractivity contribution < 1.29 is 45.4 Å². The van der Waals surface area contributed by atoms with Crippen molar-refractivity contribution in [3.8, 4) is 0 Å². The van der Waals surface area contributed by atoms with E-state index in [1.54, 1.807) is 23.1 Å². The molecule has 2 aliphatic heterocycles. The van der Waals surface area contributed by atoms with E-state index in [0.29, 0.717) is 25.0 Å². The van der Waals surface area contributed by atoms with Crippen LogP contribution in [-0.4, -0.2) is 41.2 Å². The van der Waals surface area contributed by atoms with Gasteiger partial charge in [0.1, 0.15) is 5.82 Å². The molecule has 2 aliphatic rings. The minimum Gasteiger partial charge on any atom is -0.396 e.